The fourth-order valence-corrected chi connectivity index (χ4v) is 2.38. The van der Waals surface area contributed by atoms with E-state index < -0.39 is 0 Å². The van der Waals surface area contributed by atoms with Gasteiger partial charge in [-0.1, -0.05) is 46.3 Å². The van der Waals surface area contributed by atoms with Gasteiger partial charge in [0.05, 0.1) is 12.6 Å². The molecule has 0 aliphatic heterocycles. The van der Waals surface area contributed by atoms with Gasteiger partial charge in [-0.05, 0) is 42.7 Å². The molecule has 1 unspecified atom stereocenters. The molecule has 0 aliphatic rings. The number of nitrogens with one attached hydrogen (secondary N) is 1. The van der Waals surface area contributed by atoms with Crippen LogP contribution in [-0.4, -0.2) is 11.7 Å². The van der Waals surface area contributed by atoms with Gasteiger partial charge in [0.2, 0.25) is 0 Å². The molecule has 0 aliphatic carbocycles. The number of aliphatic hydroxyl groups is 1. The first-order chi connectivity index (χ1) is 9.11. The highest BCUT2D eigenvalue weighted by atomic mass is 79.9. The molecule has 19 heavy (non-hydrogen) atoms. The van der Waals surface area contributed by atoms with Crippen LogP contribution in [0.4, 0.5) is 5.69 Å². The van der Waals surface area contributed by atoms with Crippen molar-refractivity contribution in [3.05, 3.63) is 63.6 Å². The van der Waals surface area contributed by atoms with E-state index in [0.717, 1.165) is 15.7 Å². The average molecular weight is 320 g/mol. The van der Waals surface area contributed by atoms with E-state index >= 15 is 0 Å². The first kappa shape index (κ1) is 14.1. The summed E-state index contributed by atoms with van der Waals surface area (Å²) >= 11 is 3.53. The Balaban J connectivity index is 2.25. The minimum Gasteiger partial charge on any atom is -0.394 e. The van der Waals surface area contributed by atoms with Crippen molar-refractivity contribution in [2.45, 2.75) is 19.9 Å². The molecule has 2 aromatic rings. The van der Waals surface area contributed by atoms with Gasteiger partial charge in [-0.2, -0.15) is 0 Å². The van der Waals surface area contributed by atoms with Gasteiger partial charge < -0.3 is 10.4 Å². The van der Waals surface area contributed by atoms with E-state index in [-0.39, 0.29) is 12.6 Å². The highest BCUT2D eigenvalue weighted by Crippen LogP contribution is 2.25. The van der Waals surface area contributed by atoms with E-state index in [1.807, 2.05) is 24.3 Å². The number of aryl methyl sites for hydroxylation is 2. The van der Waals surface area contributed by atoms with Crippen LogP contribution >= 0.6 is 15.9 Å². The topological polar surface area (TPSA) is 32.3 Å². The van der Waals surface area contributed by atoms with Crippen LogP contribution < -0.4 is 5.32 Å². The van der Waals surface area contributed by atoms with Crippen molar-refractivity contribution in [1.29, 1.82) is 0 Å². The molecule has 0 radical (unpaired) electrons. The second-order valence-corrected chi connectivity index (χ2v) is 5.56. The van der Waals surface area contributed by atoms with Crippen LogP contribution in [0.1, 0.15) is 22.7 Å². The van der Waals surface area contributed by atoms with Crippen LogP contribution in [0.25, 0.3) is 0 Å². The molecule has 3 heteroatoms. The van der Waals surface area contributed by atoms with Gasteiger partial charge in [0, 0.05) is 10.2 Å². The third-order valence-electron chi connectivity index (χ3n) is 3.26. The summed E-state index contributed by atoms with van der Waals surface area (Å²) in [5, 5.41) is 13.0. The average Bonchev–Trinajstić information content (AvgIpc) is 2.41. The summed E-state index contributed by atoms with van der Waals surface area (Å²) in [6.45, 7) is 4.17. The number of benzene rings is 2. The Bertz CT molecular complexity index is 568. The number of anilines is 1. The Kier molecular flexibility index (Phi) is 4.61. The molecule has 0 spiro atoms. The Hall–Kier alpha value is -1.32. The van der Waals surface area contributed by atoms with E-state index in [2.05, 4.69) is 53.3 Å². The maximum Gasteiger partial charge on any atom is 0.0745 e. The summed E-state index contributed by atoms with van der Waals surface area (Å²) < 4.78 is 1.06. The van der Waals surface area contributed by atoms with Gasteiger partial charge in [-0.3, -0.25) is 0 Å². The monoisotopic (exact) mass is 319 g/mol. The van der Waals surface area contributed by atoms with Crippen molar-refractivity contribution in [2.24, 2.45) is 0 Å². The van der Waals surface area contributed by atoms with Crippen molar-refractivity contribution in [3.8, 4) is 0 Å². The Morgan fingerprint density at radius 1 is 1.11 bits per heavy atom. The molecular formula is C16H18BrNO. The van der Waals surface area contributed by atoms with Crippen LogP contribution in [0.2, 0.25) is 0 Å². The van der Waals surface area contributed by atoms with Gasteiger partial charge >= 0.3 is 0 Å². The zero-order valence-corrected chi connectivity index (χ0v) is 12.7. The van der Waals surface area contributed by atoms with Crippen molar-refractivity contribution in [1.82, 2.24) is 0 Å². The summed E-state index contributed by atoms with van der Waals surface area (Å²) in [6, 6.07) is 14.2. The molecule has 100 valence electrons. The number of hydrogen-bond acceptors (Lipinski definition) is 2. The van der Waals surface area contributed by atoms with E-state index in [0.29, 0.717) is 0 Å². The summed E-state index contributed by atoms with van der Waals surface area (Å²) in [6.07, 6.45) is 0. The van der Waals surface area contributed by atoms with E-state index in [1.54, 1.807) is 0 Å². The third kappa shape index (κ3) is 3.37. The molecule has 1 atom stereocenters. The maximum absolute atomic E-state index is 9.61. The Morgan fingerprint density at radius 3 is 2.47 bits per heavy atom. The van der Waals surface area contributed by atoms with Crippen molar-refractivity contribution in [3.63, 3.8) is 0 Å². The van der Waals surface area contributed by atoms with Crippen LogP contribution in [0.3, 0.4) is 0 Å². The third-order valence-corrected chi connectivity index (χ3v) is 4.11. The van der Waals surface area contributed by atoms with Crippen molar-refractivity contribution >= 4 is 21.6 Å². The van der Waals surface area contributed by atoms with E-state index in [1.165, 1.54) is 11.1 Å². The molecule has 0 amide bonds. The van der Waals surface area contributed by atoms with E-state index in [9.17, 15) is 5.11 Å². The fraction of sp³-hybridized carbons (Fsp3) is 0.250. The van der Waals surface area contributed by atoms with Crippen LogP contribution in [-0.2, 0) is 0 Å². The first-order valence-corrected chi connectivity index (χ1v) is 7.10. The Morgan fingerprint density at radius 2 is 1.84 bits per heavy atom. The molecule has 0 heterocycles. The summed E-state index contributed by atoms with van der Waals surface area (Å²) in [4.78, 5) is 0. The predicted octanol–water partition coefficient (Wildman–Crippen LogP) is 4.21. The minimum absolute atomic E-state index is 0.0594. The predicted molar refractivity (Wildman–Crippen MR) is 83.5 cm³/mol. The van der Waals surface area contributed by atoms with Gasteiger partial charge in [-0.15, -0.1) is 0 Å². The fourth-order valence-electron chi connectivity index (χ4n) is 1.98. The zero-order valence-electron chi connectivity index (χ0n) is 11.2. The second kappa shape index (κ2) is 6.22. The molecule has 0 fully saturated rings. The van der Waals surface area contributed by atoms with Crippen molar-refractivity contribution in [2.75, 3.05) is 11.9 Å². The lowest BCUT2D eigenvalue weighted by Gasteiger charge is -2.20. The molecule has 0 saturated heterocycles. The van der Waals surface area contributed by atoms with Gasteiger partial charge in [0.15, 0.2) is 0 Å². The molecule has 0 saturated carbocycles. The number of hydrogen-bond donors (Lipinski definition) is 2. The number of rotatable bonds is 4. The summed E-state index contributed by atoms with van der Waals surface area (Å²) in [5.74, 6) is 0. The molecule has 2 nitrogen and oxygen atoms in total. The number of para-hydroxylation sites is 1. The highest BCUT2D eigenvalue weighted by Gasteiger charge is 2.12. The zero-order chi connectivity index (χ0) is 13.8. The lowest BCUT2D eigenvalue weighted by molar-refractivity contribution is 0.276. The second-order valence-electron chi connectivity index (χ2n) is 4.70. The number of halogens is 1. The smallest absolute Gasteiger partial charge is 0.0745 e. The molecule has 2 N–H and O–H groups in total. The minimum atomic E-state index is -0.0991. The quantitative estimate of drug-likeness (QED) is 0.884. The molecular weight excluding hydrogens is 302 g/mol. The highest BCUT2D eigenvalue weighted by molar-refractivity contribution is 9.10. The first-order valence-electron chi connectivity index (χ1n) is 6.31. The maximum atomic E-state index is 9.61. The van der Waals surface area contributed by atoms with Crippen LogP contribution in [0.15, 0.2) is 46.9 Å². The summed E-state index contributed by atoms with van der Waals surface area (Å²) in [5.41, 5.74) is 4.49. The molecule has 0 aromatic heterocycles. The van der Waals surface area contributed by atoms with Gasteiger partial charge in [0.1, 0.15) is 0 Å². The lowest BCUT2D eigenvalue weighted by atomic mass is 10.0. The molecule has 0 bridgehead atoms. The summed E-state index contributed by atoms with van der Waals surface area (Å²) in [7, 11) is 0. The molecule has 2 rings (SSSR count). The normalized spacial score (nSPS) is 12.2. The van der Waals surface area contributed by atoms with Gasteiger partial charge in [-0.25, -0.2) is 0 Å². The van der Waals surface area contributed by atoms with Gasteiger partial charge in [0.25, 0.3) is 0 Å². The lowest BCUT2D eigenvalue weighted by Crippen LogP contribution is -2.15. The number of aliphatic hydroxyl groups excluding tert-OH is 1. The van der Waals surface area contributed by atoms with Crippen LogP contribution in [0.5, 0.6) is 0 Å². The standard InChI is InChI=1S/C16H18BrNO/c1-11-7-8-13(9-14(11)17)16(10-19)18-15-6-4-3-5-12(15)2/h3-9,16,18-19H,10H2,1-2H3. The largest absolute Gasteiger partial charge is 0.394 e. The Labute approximate surface area is 122 Å². The molecule has 2 aromatic carbocycles. The van der Waals surface area contributed by atoms with E-state index in [4.69, 9.17) is 0 Å². The van der Waals surface area contributed by atoms with Crippen LogP contribution in [0, 0.1) is 13.8 Å². The van der Waals surface area contributed by atoms with Crippen molar-refractivity contribution < 1.29 is 5.11 Å². The SMILES string of the molecule is Cc1ccc(C(CO)Nc2ccccc2C)cc1Br.